The molecule has 26 heavy (non-hydrogen) atoms. The number of carbonyl (C=O) groups excluding carboxylic acids is 3. The quantitative estimate of drug-likeness (QED) is 0.707. The van der Waals surface area contributed by atoms with Gasteiger partial charge in [0, 0.05) is 0 Å². The van der Waals surface area contributed by atoms with Gasteiger partial charge in [-0.15, -0.1) is 0 Å². The highest BCUT2D eigenvalue weighted by atomic mass is 16.5. The van der Waals surface area contributed by atoms with Crippen LogP contribution in [-0.4, -0.2) is 29.7 Å². The number of rotatable bonds is 8. The standard InChI is InChI=1S/C20H22N2O4/c1-14(23)18(21)19(24)17(12-15-8-4-2-5-9-15)22-20(25)26-13-16-10-6-3-7-11-16/h2-11,17-18H,12-13,21H2,1H3,(H,22,25)/t17-,18?/m0/s1. The Balaban J connectivity index is 2.03. The molecule has 0 aliphatic heterocycles. The Morgan fingerprint density at radius 3 is 2.04 bits per heavy atom. The summed E-state index contributed by atoms with van der Waals surface area (Å²) in [6, 6.07) is 16.1. The van der Waals surface area contributed by atoms with Crippen molar-refractivity contribution in [2.75, 3.05) is 0 Å². The van der Waals surface area contributed by atoms with Crippen molar-refractivity contribution >= 4 is 17.7 Å². The zero-order valence-electron chi connectivity index (χ0n) is 14.6. The van der Waals surface area contributed by atoms with Crippen LogP contribution in [0.2, 0.25) is 0 Å². The van der Waals surface area contributed by atoms with Gasteiger partial charge in [0.25, 0.3) is 0 Å². The highest BCUT2D eigenvalue weighted by molar-refractivity contribution is 6.08. The van der Waals surface area contributed by atoms with E-state index in [2.05, 4.69) is 5.32 Å². The maximum absolute atomic E-state index is 12.5. The summed E-state index contributed by atoms with van der Waals surface area (Å²) in [5.74, 6) is -0.995. The zero-order valence-corrected chi connectivity index (χ0v) is 14.6. The fraction of sp³-hybridized carbons (Fsp3) is 0.250. The largest absolute Gasteiger partial charge is 0.445 e. The number of amides is 1. The molecule has 2 aromatic rings. The van der Waals surface area contributed by atoms with Crippen molar-refractivity contribution in [2.24, 2.45) is 5.73 Å². The van der Waals surface area contributed by atoms with Crippen LogP contribution in [0.4, 0.5) is 4.79 Å². The SMILES string of the molecule is CC(=O)C(N)C(=O)[C@H](Cc1ccccc1)NC(=O)OCc1ccccc1. The van der Waals surface area contributed by atoms with E-state index in [1.165, 1.54) is 6.92 Å². The first-order valence-electron chi connectivity index (χ1n) is 8.28. The van der Waals surface area contributed by atoms with Gasteiger partial charge in [-0.05, 0) is 24.5 Å². The van der Waals surface area contributed by atoms with E-state index in [9.17, 15) is 14.4 Å². The van der Waals surface area contributed by atoms with Gasteiger partial charge in [0.2, 0.25) is 0 Å². The summed E-state index contributed by atoms with van der Waals surface area (Å²) in [6.45, 7) is 1.33. The topological polar surface area (TPSA) is 98.5 Å². The molecule has 1 unspecified atom stereocenters. The van der Waals surface area contributed by atoms with Gasteiger partial charge >= 0.3 is 6.09 Å². The smallest absolute Gasteiger partial charge is 0.408 e. The average Bonchev–Trinajstić information content (AvgIpc) is 2.66. The van der Waals surface area contributed by atoms with Crippen LogP contribution in [0.15, 0.2) is 60.7 Å². The molecule has 1 amide bonds. The molecule has 6 heteroatoms. The maximum atomic E-state index is 12.5. The summed E-state index contributed by atoms with van der Waals surface area (Å²) < 4.78 is 5.16. The summed E-state index contributed by atoms with van der Waals surface area (Å²) in [4.78, 5) is 36.0. The van der Waals surface area contributed by atoms with Crippen molar-refractivity contribution in [3.63, 3.8) is 0 Å². The van der Waals surface area contributed by atoms with Gasteiger partial charge in [0.15, 0.2) is 11.6 Å². The van der Waals surface area contributed by atoms with E-state index >= 15 is 0 Å². The summed E-state index contributed by atoms with van der Waals surface area (Å²) >= 11 is 0. The molecule has 2 aromatic carbocycles. The first-order valence-corrected chi connectivity index (χ1v) is 8.28. The minimum absolute atomic E-state index is 0.0810. The lowest BCUT2D eigenvalue weighted by Gasteiger charge is -2.20. The third kappa shape index (κ3) is 5.82. The second kappa shape index (κ2) is 9.48. The molecular formula is C20H22N2O4. The van der Waals surface area contributed by atoms with E-state index in [4.69, 9.17) is 10.5 Å². The van der Waals surface area contributed by atoms with Crippen LogP contribution < -0.4 is 11.1 Å². The molecule has 0 saturated carbocycles. The average molecular weight is 354 g/mol. The van der Waals surface area contributed by atoms with Crippen molar-refractivity contribution < 1.29 is 19.1 Å². The Labute approximate surface area is 152 Å². The van der Waals surface area contributed by atoms with Crippen molar-refractivity contribution in [3.05, 3.63) is 71.8 Å². The number of nitrogens with one attached hydrogen (secondary N) is 1. The van der Waals surface area contributed by atoms with Crippen LogP contribution in [0.5, 0.6) is 0 Å². The van der Waals surface area contributed by atoms with E-state index < -0.39 is 29.7 Å². The van der Waals surface area contributed by atoms with Crippen LogP contribution in [0.25, 0.3) is 0 Å². The first-order chi connectivity index (χ1) is 12.5. The highest BCUT2D eigenvalue weighted by Crippen LogP contribution is 2.07. The Bertz CT molecular complexity index is 747. The Hall–Kier alpha value is -2.99. The summed E-state index contributed by atoms with van der Waals surface area (Å²) in [5, 5.41) is 2.53. The molecule has 0 radical (unpaired) electrons. The van der Waals surface area contributed by atoms with Crippen molar-refractivity contribution in [1.82, 2.24) is 5.32 Å². The molecule has 3 N–H and O–H groups in total. The van der Waals surface area contributed by atoms with Crippen LogP contribution in [0.3, 0.4) is 0 Å². The van der Waals surface area contributed by atoms with Gasteiger partial charge in [0.1, 0.15) is 12.6 Å². The predicted octanol–water partition coefficient (Wildman–Crippen LogP) is 2.01. The lowest BCUT2D eigenvalue weighted by molar-refractivity contribution is -0.129. The number of nitrogens with two attached hydrogens (primary N) is 1. The fourth-order valence-electron chi connectivity index (χ4n) is 2.40. The summed E-state index contributed by atoms with van der Waals surface area (Å²) in [7, 11) is 0. The van der Waals surface area contributed by atoms with Crippen molar-refractivity contribution in [2.45, 2.75) is 32.0 Å². The normalized spacial score (nSPS) is 12.7. The van der Waals surface area contributed by atoms with Gasteiger partial charge in [-0.1, -0.05) is 60.7 Å². The van der Waals surface area contributed by atoms with Gasteiger partial charge in [-0.2, -0.15) is 0 Å². The minimum atomic E-state index is -1.28. The number of benzene rings is 2. The van der Waals surface area contributed by atoms with Gasteiger partial charge < -0.3 is 15.8 Å². The number of alkyl carbamates (subject to hydrolysis) is 1. The van der Waals surface area contributed by atoms with Crippen LogP contribution >= 0.6 is 0 Å². The predicted molar refractivity (Wildman–Crippen MR) is 97.4 cm³/mol. The second-order valence-electron chi connectivity index (χ2n) is 5.94. The molecule has 2 rings (SSSR count). The Morgan fingerprint density at radius 2 is 1.50 bits per heavy atom. The molecule has 0 aromatic heterocycles. The molecule has 0 heterocycles. The monoisotopic (exact) mass is 354 g/mol. The minimum Gasteiger partial charge on any atom is -0.445 e. The molecule has 136 valence electrons. The molecule has 0 fully saturated rings. The Morgan fingerprint density at radius 1 is 0.962 bits per heavy atom. The van der Waals surface area contributed by atoms with Gasteiger partial charge in [0.05, 0.1) is 6.04 Å². The van der Waals surface area contributed by atoms with E-state index in [1.54, 1.807) is 0 Å². The van der Waals surface area contributed by atoms with Crippen LogP contribution in [-0.2, 0) is 27.4 Å². The maximum Gasteiger partial charge on any atom is 0.408 e. The third-order valence-corrected chi connectivity index (χ3v) is 3.88. The highest BCUT2D eigenvalue weighted by Gasteiger charge is 2.29. The number of Topliss-reactive ketones (excluding diaryl/α,β-unsaturated/α-hetero) is 2. The second-order valence-corrected chi connectivity index (χ2v) is 5.94. The van der Waals surface area contributed by atoms with E-state index in [1.807, 2.05) is 60.7 Å². The fourth-order valence-corrected chi connectivity index (χ4v) is 2.40. The molecule has 0 aliphatic carbocycles. The molecule has 0 spiro atoms. The van der Waals surface area contributed by atoms with Crippen molar-refractivity contribution in [1.29, 1.82) is 0 Å². The molecule has 0 saturated heterocycles. The number of hydrogen-bond acceptors (Lipinski definition) is 5. The lowest BCUT2D eigenvalue weighted by atomic mass is 9.97. The third-order valence-electron chi connectivity index (χ3n) is 3.88. The molecular weight excluding hydrogens is 332 g/mol. The van der Waals surface area contributed by atoms with E-state index in [-0.39, 0.29) is 13.0 Å². The molecule has 0 aliphatic rings. The molecule has 6 nitrogen and oxygen atoms in total. The number of hydrogen-bond donors (Lipinski definition) is 2. The van der Waals surface area contributed by atoms with E-state index in [0.717, 1.165) is 11.1 Å². The number of carbonyl (C=O) groups is 3. The number of ketones is 2. The number of ether oxygens (including phenoxy) is 1. The Kier molecular flexibility index (Phi) is 7.05. The van der Waals surface area contributed by atoms with Crippen LogP contribution in [0, 0.1) is 0 Å². The zero-order chi connectivity index (χ0) is 18.9. The molecule has 2 atom stereocenters. The summed E-state index contributed by atoms with van der Waals surface area (Å²) in [6.07, 6.45) is -0.514. The van der Waals surface area contributed by atoms with E-state index in [0.29, 0.717) is 0 Å². The molecule has 0 bridgehead atoms. The van der Waals surface area contributed by atoms with Crippen molar-refractivity contribution in [3.8, 4) is 0 Å². The summed E-state index contributed by atoms with van der Waals surface area (Å²) in [5.41, 5.74) is 7.33. The van der Waals surface area contributed by atoms with Gasteiger partial charge in [-0.25, -0.2) is 4.79 Å². The van der Waals surface area contributed by atoms with Crippen LogP contribution in [0.1, 0.15) is 18.1 Å². The first kappa shape index (κ1) is 19.3. The van der Waals surface area contributed by atoms with Gasteiger partial charge in [-0.3, -0.25) is 9.59 Å². The lowest BCUT2D eigenvalue weighted by Crippen LogP contribution is -2.51.